The first-order chi connectivity index (χ1) is 8.19. The second kappa shape index (κ2) is 5.50. The molecular weight excluding hydrogens is 210 g/mol. The fourth-order valence-corrected chi connectivity index (χ4v) is 2.88. The van der Waals surface area contributed by atoms with Crippen molar-refractivity contribution in [3.63, 3.8) is 0 Å². The minimum absolute atomic E-state index is 0.714. The molecule has 0 aliphatic heterocycles. The van der Waals surface area contributed by atoms with Crippen molar-refractivity contribution in [2.45, 2.75) is 33.1 Å². The molecule has 0 bridgehead atoms. The highest BCUT2D eigenvalue weighted by molar-refractivity contribution is 5.45. The molecule has 0 spiro atoms. The zero-order valence-corrected chi connectivity index (χ0v) is 10.9. The first kappa shape index (κ1) is 12.4. The first-order valence-electron chi connectivity index (χ1n) is 6.58. The van der Waals surface area contributed by atoms with E-state index in [2.05, 4.69) is 22.4 Å². The Morgan fingerprint density at radius 1 is 1.24 bits per heavy atom. The fraction of sp³-hybridized carbons (Fsp3) is 0.643. The van der Waals surface area contributed by atoms with Gasteiger partial charge in [0.05, 0.1) is 0 Å². The quantitative estimate of drug-likeness (QED) is 0.840. The van der Waals surface area contributed by atoms with Crippen molar-refractivity contribution in [3.8, 4) is 0 Å². The molecule has 94 valence electrons. The molecule has 1 heterocycles. The highest BCUT2D eigenvalue weighted by Crippen LogP contribution is 2.31. The van der Waals surface area contributed by atoms with Gasteiger partial charge in [-0.1, -0.05) is 6.42 Å². The number of rotatable bonds is 4. The van der Waals surface area contributed by atoms with E-state index in [1.165, 1.54) is 24.9 Å². The smallest absolute Gasteiger partial charge is 0.0396 e. The summed E-state index contributed by atoms with van der Waals surface area (Å²) in [6, 6.07) is 4.22. The van der Waals surface area contributed by atoms with E-state index < -0.39 is 0 Å². The van der Waals surface area contributed by atoms with E-state index in [-0.39, 0.29) is 0 Å². The van der Waals surface area contributed by atoms with E-state index in [0.29, 0.717) is 5.92 Å². The lowest BCUT2D eigenvalue weighted by atomic mass is 9.96. The largest absolute Gasteiger partial charge is 0.385 e. The van der Waals surface area contributed by atoms with E-state index in [1.807, 2.05) is 13.8 Å². The number of aromatic nitrogens is 1. The molecule has 3 N–H and O–H groups in total. The van der Waals surface area contributed by atoms with Crippen molar-refractivity contribution in [2.24, 2.45) is 17.6 Å². The van der Waals surface area contributed by atoms with Crippen LogP contribution in [0.5, 0.6) is 0 Å². The van der Waals surface area contributed by atoms with Gasteiger partial charge < -0.3 is 11.1 Å². The summed E-state index contributed by atoms with van der Waals surface area (Å²) in [6.45, 7) is 5.96. The van der Waals surface area contributed by atoms with Crippen LogP contribution < -0.4 is 11.1 Å². The number of anilines is 1. The molecule has 0 saturated heterocycles. The Labute approximate surface area is 104 Å². The third-order valence-corrected chi connectivity index (χ3v) is 3.77. The zero-order chi connectivity index (χ0) is 12.3. The normalized spacial score (nSPS) is 23.9. The molecule has 1 fully saturated rings. The molecule has 1 aliphatic carbocycles. The zero-order valence-electron chi connectivity index (χ0n) is 10.9. The van der Waals surface area contributed by atoms with Crippen LogP contribution in [0.1, 0.15) is 30.7 Å². The van der Waals surface area contributed by atoms with Crippen LogP contribution in [-0.2, 0) is 0 Å². The number of nitrogens with one attached hydrogen (secondary N) is 1. The summed E-state index contributed by atoms with van der Waals surface area (Å²) in [7, 11) is 0. The van der Waals surface area contributed by atoms with Crippen LogP contribution in [0.15, 0.2) is 12.1 Å². The van der Waals surface area contributed by atoms with Gasteiger partial charge in [0.15, 0.2) is 0 Å². The van der Waals surface area contributed by atoms with E-state index in [1.54, 1.807) is 0 Å². The number of nitrogens with two attached hydrogens (primary N) is 1. The molecule has 0 aromatic carbocycles. The molecule has 2 unspecified atom stereocenters. The molecule has 0 radical (unpaired) electrons. The van der Waals surface area contributed by atoms with Crippen LogP contribution in [0.25, 0.3) is 0 Å². The third kappa shape index (κ3) is 3.19. The van der Waals surface area contributed by atoms with Crippen LogP contribution in [0, 0.1) is 25.7 Å². The highest BCUT2D eigenvalue weighted by Gasteiger charge is 2.25. The predicted octanol–water partition coefficient (Wildman–Crippen LogP) is 2.49. The van der Waals surface area contributed by atoms with Gasteiger partial charge in [-0.05, 0) is 57.2 Å². The van der Waals surface area contributed by atoms with Gasteiger partial charge in [0, 0.05) is 23.6 Å². The second-order valence-corrected chi connectivity index (χ2v) is 5.21. The van der Waals surface area contributed by atoms with E-state index in [4.69, 9.17) is 5.73 Å². The monoisotopic (exact) mass is 233 g/mol. The molecule has 0 amide bonds. The summed E-state index contributed by atoms with van der Waals surface area (Å²) >= 11 is 0. The average molecular weight is 233 g/mol. The number of hydrogen-bond acceptors (Lipinski definition) is 3. The van der Waals surface area contributed by atoms with E-state index in [9.17, 15) is 0 Å². The van der Waals surface area contributed by atoms with Crippen LogP contribution in [-0.4, -0.2) is 18.1 Å². The maximum absolute atomic E-state index is 5.80. The Kier molecular flexibility index (Phi) is 4.00. The lowest BCUT2D eigenvalue weighted by molar-refractivity contribution is 0.414. The molecule has 1 aliphatic rings. The highest BCUT2D eigenvalue weighted by atomic mass is 14.9. The molecule has 17 heavy (non-hydrogen) atoms. The van der Waals surface area contributed by atoms with Crippen LogP contribution >= 0.6 is 0 Å². The van der Waals surface area contributed by atoms with Crippen LogP contribution in [0.4, 0.5) is 5.69 Å². The number of nitrogens with zero attached hydrogens (tertiary/aromatic N) is 1. The maximum atomic E-state index is 5.80. The maximum Gasteiger partial charge on any atom is 0.0396 e. The molecular formula is C14H23N3. The molecule has 3 nitrogen and oxygen atoms in total. The lowest BCUT2D eigenvalue weighted by Crippen LogP contribution is -2.24. The van der Waals surface area contributed by atoms with Crippen molar-refractivity contribution in [1.29, 1.82) is 0 Å². The Balaban J connectivity index is 1.93. The van der Waals surface area contributed by atoms with Crippen molar-refractivity contribution >= 4 is 5.69 Å². The van der Waals surface area contributed by atoms with Gasteiger partial charge in [-0.15, -0.1) is 0 Å². The van der Waals surface area contributed by atoms with Crippen molar-refractivity contribution in [1.82, 2.24) is 4.98 Å². The number of aryl methyl sites for hydroxylation is 2. The van der Waals surface area contributed by atoms with Crippen molar-refractivity contribution in [2.75, 3.05) is 18.4 Å². The number of pyridine rings is 1. The Morgan fingerprint density at radius 2 is 1.88 bits per heavy atom. The summed E-state index contributed by atoms with van der Waals surface area (Å²) in [4.78, 5) is 4.39. The van der Waals surface area contributed by atoms with Gasteiger partial charge in [-0.3, -0.25) is 4.98 Å². The van der Waals surface area contributed by atoms with E-state index in [0.717, 1.165) is 30.4 Å². The first-order valence-corrected chi connectivity index (χ1v) is 6.58. The van der Waals surface area contributed by atoms with E-state index >= 15 is 0 Å². The van der Waals surface area contributed by atoms with Gasteiger partial charge in [0.1, 0.15) is 0 Å². The number of hydrogen-bond donors (Lipinski definition) is 2. The average Bonchev–Trinajstić information content (AvgIpc) is 2.72. The molecule has 1 aromatic heterocycles. The summed E-state index contributed by atoms with van der Waals surface area (Å²) in [5.41, 5.74) is 9.15. The molecule has 1 aromatic rings. The summed E-state index contributed by atoms with van der Waals surface area (Å²) in [6.07, 6.45) is 3.96. The Bertz CT molecular complexity index is 355. The van der Waals surface area contributed by atoms with Crippen LogP contribution in [0.3, 0.4) is 0 Å². The van der Waals surface area contributed by atoms with Gasteiger partial charge in [-0.2, -0.15) is 0 Å². The summed E-state index contributed by atoms with van der Waals surface area (Å²) in [5, 5.41) is 3.54. The van der Waals surface area contributed by atoms with Gasteiger partial charge in [0.25, 0.3) is 0 Å². The Hall–Kier alpha value is -1.09. The predicted molar refractivity (Wildman–Crippen MR) is 72.1 cm³/mol. The third-order valence-electron chi connectivity index (χ3n) is 3.77. The standard InChI is InChI=1S/C14H23N3/c1-10-6-14(7-11(2)17-10)16-9-13-5-3-4-12(13)8-15/h6-7,12-13H,3-5,8-9,15H2,1-2H3,(H,16,17). The molecule has 2 rings (SSSR count). The summed E-state index contributed by atoms with van der Waals surface area (Å²) < 4.78 is 0. The Morgan fingerprint density at radius 3 is 2.53 bits per heavy atom. The topological polar surface area (TPSA) is 50.9 Å². The minimum atomic E-state index is 0.714. The van der Waals surface area contributed by atoms with Crippen molar-refractivity contribution in [3.05, 3.63) is 23.5 Å². The fourth-order valence-electron chi connectivity index (χ4n) is 2.88. The molecule has 2 atom stereocenters. The SMILES string of the molecule is Cc1cc(NCC2CCCC2CN)cc(C)n1. The van der Waals surface area contributed by atoms with Gasteiger partial charge in [-0.25, -0.2) is 0 Å². The van der Waals surface area contributed by atoms with Gasteiger partial charge >= 0.3 is 0 Å². The lowest BCUT2D eigenvalue weighted by Gasteiger charge is -2.19. The molecule has 3 heteroatoms. The van der Waals surface area contributed by atoms with Crippen LogP contribution in [0.2, 0.25) is 0 Å². The minimum Gasteiger partial charge on any atom is -0.385 e. The second-order valence-electron chi connectivity index (χ2n) is 5.21. The molecule has 1 saturated carbocycles. The summed E-state index contributed by atoms with van der Waals surface area (Å²) in [5.74, 6) is 1.46. The van der Waals surface area contributed by atoms with Gasteiger partial charge in [0.2, 0.25) is 0 Å². The van der Waals surface area contributed by atoms with Crippen molar-refractivity contribution < 1.29 is 0 Å².